The Kier molecular flexibility index (Phi) is 1.91. The van der Waals surface area contributed by atoms with Crippen molar-refractivity contribution < 1.29 is 4.74 Å². The molecule has 0 unspecified atom stereocenters. The Labute approximate surface area is 74.8 Å². The highest BCUT2D eigenvalue weighted by Gasteiger charge is 2.00. The molecule has 2 aromatic rings. The number of H-pyrrole nitrogens is 1. The van der Waals surface area contributed by atoms with Gasteiger partial charge in [0.1, 0.15) is 0 Å². The van der Waals surface area contributed by atoms with Gasteiger partial charge in [-0.25, -0.2) is 15.0 Å². The van der Waals surface area contributed by atoms with Gasteiger partial charge in [-0.1, -0.05) is 0 Å². The molecule has 0 atom stereocenters. The van der Waals surface area contributed by atoms with E-state index in [0.717, 1.165) is 11.3 Å². The summed E-state index contributed by atoms with van der Waals surface area (Å²) in [5.41, 5.74) is 1.78. The van der Waals surface area contributed by atoms with Gasteiger partial charge >= 0.3 is 6.01 Å². The number of rotatable bonds is 2. The van der Waals surface area contributed by atoms with E-state index in [1.54, 1.807) is 24.9 Å². The van der Waals surface area contributed by atoms with Crippen LogP contribution in [-0.2, 0) is 0 Å². The maximum Gasteiger partial charge on any atom is 0.316 e. The normalized spacial score (nSPS) is 9.92. The zero-order valence-electron chi connectivity index (χ0n) is 7.06. The van der Waals surface area contributed by atoms with Gasteiger partial charge in [0.2, 0.25) is 0 Å². The fourth-order valence-electron chi connectivity index (χ4n) is 0.974. The molecule has 13 heavy (non-hydrogen) atoms. The highest BCUT2D eigenvalue weighted by atomic mass is 16.5. The van der Waals surface area contributed by atoms with Crippen LogP contribution in [0.3, 0.4) is 0 Å². The van der Waals surface area contributed by atoms with Gasteiger partial charge in [0.05, 0.1) is 25.3 Å². The summed E-state index contributed by atoms with van der Waals surface area (Å²) in [6.07, 6.45) is 6.68. The fraction of sp³-hybridized carbons (Fsp3) is 0.125. The standard InChI is InChI=1S/C8H8N4O/c1-13-8-10-2-6(3-11-8)7-4-9-5-12-7/h2-5H,1H3,(H,9,12). The number of aromatic nitrogens is 4. The minimum absolute atomic E-state index is 0.364. The van der Waals surface area contributed by atoms with E-state index < -0.39 is 0 Å². The third-order valence-corrected chi connectivity index (χ3v) is 1.62. The number of methoxy groups -OCH3 is 1. The molecule has 0 saturated carbocycles. The van der Waals surface area contributed by atoms with E-state index in [2.05, 4.69) is 19.9 Å². The van der Waals surface area contributed by atoms with Gasteiger partial charge in [-0.2, -0.15) is 0 Å². The first-order valence-electron chi connectivity index (χ1n) is 3.75. The van der Waals surface area contributed by atoms with E-state index >= 15 is 0 Å². The second-order valence-electron chi connectivity index (χ2n) is 2.42. The van der Waals surface area contributed by atoms with Crippen LogP contribution in [0.4, 0.5) is 0 Å². The maximum atomic E-state index is 4.84. The summed E-state index contributed by atoms with van der Waals surface area (Å²) < 4.78 is 4.84. The Hall–Kier alpha value is -1.91. The molecule has 1 N–H and O–H groups in total. The average Bonchev–Trinajstić information content (AvgIpc) is 2.71. The number of nitrogens with one attached hydrogen (secondary N) is 1. The van der Waals surface area contributed by atoms with Crippen LogP contribution >= 0.6 is 0 Å². The van der Waals surface area contributed by atoms with E-state index in [0.29, 0.717) is 6.01 Å². The summed E-state index contributed by atoms with van der Waals surface area (Å²) in [5, 5.41) is 0. The van der Waals surface area contributed by atoms with Crippen LogP contribution in [0.5, 0.6) is 6.01 Å². The van der Waals surface area contributed by atoms with E-state index in [4.69, 9.17) is 4.74 Å². The molecule has 0 aliphatic heterocycles. The monoisotopic (exact) mass is 176 g/mol. The van der Waals surface area contributed by atoms with E-state index in [1.165, 1.54) is 7.11 Å². The predicted molar refractivity (Wildman–Crippen MR) is 46.2 cm³/mol. The van der Waals surface area contributed by atoms with Crippen LogP contribution in [-0.4, -0.2) is 27.0 Å². The molecule has 0 spiro atoms. The van der Waals surface area contributed by atoms with Crippen LogP contribution in [0.15, 0.2) is 24.9 Å². The summed E-state index contributed by atoms with van der Waals surface area (Å²) in [5.74, 6) is 0. The lowest BCUT2D eigenvalue weighted by Gasteiger charge is -1.97. The van der Waals surface area contributed by atoms with Gasteiger partial charge in [0.25, 0.3) is 0 Å². The molecule has 0 aliphatic carbocycles. The summed E-state index contributed by atoms with van der Waals surface area (Å²) in [4.78, 5) is 14.8. The van der Waals surface area contributed by atoms with Crippen LogP contribution < -0.4 is 4.74 Å². The van der Waals surface area contributed by atoms with Crippen molar-refractivity contribution in [2.75, 3.05) is 7.11 Å². The SMILES string of the molecule is COc1ncc(-c2cnc[nH]2)cn1. The van der Waals surface area contributed by atoms with Crippen LogP contribution in [0, 0.1) is 0 Å². The van der Waals surface area contributed by atoms with Crippen LogP contribution in [0.25, 0.3) is 11.3 Å². The minimum Gasteiger partial charge on any atom is -0.467 e. The molecule has 66 valence electrons. The zero-order valence-corrected chi connectivity index (χ0v) is 7.06. The van der Waals surface area contributed by atoms with Crippen molar-refractivity contribution in [3.05, 3.63) is 24.9 Å². The highest BCUT2D eigenvalue weighted by Crippen LogP contribution is 2.14. The van der Waals surface area contributed by atoms with Gasteiger partial charge in [0.15, 0.2) is 0 Å². The quantitative estimate of drug-likeness (QED) is 0.737. The van der Waals surface area contributed by atoms with Crippen molar-refractivity contribution in [3.63, 3.8) is 0 Å². The number of hydrogen-bond donors (Lipinski definition) is 1. The Balaban J connectivity index is 2.33. The van der Waals surface area contributed by atoms with Crippen molar-refractivity contribution in [2.24, 2.45) is 0 Å². The summed E-state index contributed by atoms with van der Waals surface area (Å²) >= 11 is 0. The second kappa shape index (κ2) is 3.22. The predicted octanol–water partition coefficient (Wildman–Crippen LogP) is 0.875. The van der Waals surface area contributed by atoms with Crippen LogP contribution in [0.1, 0.15) is 0 Å². The maximum absolute atomic E-state index is 4.84. The third kappa shape index (κ3) is 1.48. The summed E-state index contributed by atoms with van der Waals surface area (Å²) in [6.45, 7) is 0. The molecule has 2 aromatic heterocycles. The number of hydrogen-bond acceptors (Lipinski definition) is 4. The number of nitrogens with zero attached hydrogens (tertiary/aromatic N) is 3. The topological polar surface area (TPSA) is 63.7 Å². The van der Waals surface area contributed by atoms with Crippen molar-refractivity contribution in [1.82, 2.24) is 19.9 Å². The first-order valence-corrected chi connectivity index (χ1v) is 3.75. The molecule has 0 aliphatic rings. The molecule has 5 heteroatoms. The Morgan fingerprint density at radius 1 is 1.23 bits per heavy atom. The second-order valence-corrected chi connectivity index (χ2v) is 2.42. The van der Waals surface area contributed by atoms with Crippen molar-refractivity contribution >= 4 is 0 Å². The van der Waals surface area contributed by atoms with Gasteiger partial charge in [-0.15, -0.1) is 0 Å². The van der Waals surface area contributed by atoms with Gasteiger partial charge < -0.3 is 9.72 Å². The zero-order chi connectivity index (χ0) is 9.10. The lowest BCUT2D eigenvalue weighted by molar-refractivity contribution is 0.380. The molecule has 2 heterocycles. The smallest absolute Gasteiger partial charge is 0.316 e. The minimum atomic E-state index is 0.364. The molecular weight excluding hydrogens is 168 g/mol. The summed E-state index contributed by atoms with van der Waals surface area (Å²) in [7, 11) is 1.53. The largest absolute Gasteiger partial charge is 0.467 e. The summed E-state index contributed by atoms with van der Waals surface area (Å²) in [6, 6.07) is 0.364. The first kappa shape index (κ1) is 7.72. The Bertz CT molecular complexity index is 368. The number of aromatic amines is 1. The van der Waals surface area contributed by atoms with Gasteiger partial charge in [0, 0.05) is 18.0 Å². The van der Waals surface area contributed by atoms with Crippen molar-refractivity contribution in [3.8, 4) is 17.3 Å². The van der Waals surface area contributed by atoms with Crippen molar-refractivity contribution in [2.45, 2.75) is 0 Å². The Morgan fingerprint density at radius 3 is 2.54 bits per heavy atom. The fourth-order valence-corrected chi connectivity index (χ4v) is 0.974. The molecule has 0 amide bonds. The number of ether oxygens (including phenoxy) is 1. The molecule has 0 fully saturated rings. The van der Waals surface area contributed by atoms with E-state index in [-0.39, 0.29) is 0 Å². The Morgan fingerprint density at radius 2 is 2.00 bits per heavy atom. The van der Waals surface area contributed by atoms with Crippen LogP contribution in [0.2, 0.25) is 0 Å². The third-order valence-electron chi connectivity index (χ3n) is 1.62. The molecular formula is C8H8N4O. The molecule has 0 bridgehead atoms. The molecule has 0 radical (unpaired) electrons. The molecule has 5 nitrogen and oxygen atoms in total. The number of imidazole rings is 1. The average molecular weight is 176 g/mol. The lowest BCUT2D eigenvalue weighted by Crippen LogP contribution is -1.91. The van der Waals surface area contributed by atoms with E-state index in [9.17, 15) is 0 Å². The first-order chi connectivity index (χ1) is 6.40. The molecule has 0 aromatic carbocycles. The molecule has 2 rings (SSSR count). The van der Waals surface area contributed by atoms with Gasteiger partial charge in [-0.3, -0.25) is 0 Å². The highest BCUT2D eigenvalue weighted by molar-refractivity contribution is 5.55. The lowest BCUT2D eigenvalue weighted by atomic mass is 10.3. The van der Waals surface area contributed by atoms with Crippen molar-refractivity contribution in [1.29, 1.82) is 0 Å². The van der Waals surface area contributed by atoms with Gasteiger partial charge in [-0.05, 0) is 0 Å². The molecule has 0 saturated heterocycles. The van der Waals surface area contributed by atoms with E-state index in [1.807, 2.05) is 0 Å².